The molecule has 1 N–H and O–H groups in total. The van der Waals surface area contributed by atoms with Crippen molar-refractivity contribution in [3.63, 3.8) is 0 Å². The van der Waals surface area contributed by atoms with Gasteiger partial charge in [0.25, 0.3) is 0 Å². The van der Waals surface area contributed by atoms with E-state index in [1.165, 1.54) is 4.90 Å². The smallest absolute Gasteiger partial charge is 0.168 e. The molecular formula is C22H18ClN3S3. The minimum Gasteiger partial charge on any atom is -0.346 e. The number of pyridine rings is 1. The number of amidine groups is 1. The van der Waals surface area contributed by atoms with Crippen molar-refractivity contribution in [3.8, 4) is 0 Å². The fourth-order valence-electron chi connectivity index (χ4n) is 2.63. The molecule has 146 valence electrons. The summed E-state index contributed by atoms with van der Waals surface area (Å²) < 4.78 is 0. The molecule has 0 radical (unpaired) electrons. The van der Waals surface area contributed by atoms with E-state index in [-0.39, 0.29) is 0 Å². The minimum atomic E-state index is 0.699. The van der Waals surface area contributed by atoms with Gasteiger partial charge in [0.05, 0.1) is 15.7 Å². The summed E-state index contributed by atoms with van der Waals surface area (Å²) >= 11 is 11.4. The first-order valence-electron chi connectivity index (χ1n) is 8.96. The molecule has 1 aliphatic rings. The van der Waals surface area contributed by atoms with E-state index in [1.807, 2.05) is 55.6 Å². The van der Waals surface area contributed by atoms with Gasteiger partial charge in [-0.1, -0.05) is 65.5 Å². The predicted octanol–water partition coefficient (Wildman–Crippen LogP) is 7.27. The number of hydrogen-bond acceptors (Lipinski definition) is 5. The number of thioether (sulfide) groups is 1. The number of rotatable bonds is 5. The van der Waals surface area contributed by atoms with Crippen molar-refractivity contribution in [1.29, 1.82) is 0 Å². The maximum absolute atomic E-state index is 6.40. The molecule has 29 heavy (non-hydrogen) atoms. The van der Waals surface area contributed by atoms with Gasteiger partial charge in [-0.3, -0.25) is 0 Å². The molecule has 0 bridgehead atoms. The summed E-state index contributed by atoms with van der Waals surface area (Å²) in [6, 6.07) is 20.3. The summed E-state index contributed by atoms with van der Waals surface area (Å²) in [4.78, 5) is 13.7. The number of aliphatic imine (C=N–C) groups is 1. The highest BCUT2D eigenvalue weighted by Gasteiger charge is 2.13. The quantitative estimate of drug-likeness (QED) is 0.438. The Labute approximate surface area is 188 Å². The van der Waals surface area contributed by atoms with Crippen LogP contribution in [0.3, 0.4) is 0 Å². The summed E-state index contributed by atoms with van der Waals surface area (Å²) in [6.45, 7) is 2.04. The standard InChI is InChI=1S/C22H18ClN3S3/c1-15-13-27-14-21(25-15)26-22-20(29-19-10-6-5-9-18(19)23)11-17(12-24-22)28-16-7-3-2-4-8-16/h2-13H,14H2,1H3,(H,24,25,26). The molecule has 3 aromatic rings. The molecule has 3 nitrogen and oxygen atoms in total. The molecule has 1 aliphatic heterocycles. The van der Waals surface area contributed by atoms with Crippen molar-refractivity contribution in [3.05, 3.63) is 83.0 Å². The third-order valence-corrected chi connectivity index (χ3v) is 7.37. The number of allylic oxidation sites excluding steroid dienone is 1. The second-order valence-corrected chi connectivity index (χ2v) is 9.73. The summed E-state index contributed by atoms with van der Waals surface area (Å²) in [5.41, 5.74) is 1.09. The number of nitrogens with zero attached hydrogens (tertiary/aromatic N) is 2. The lowest BCUT2D eigenvalue weighted by Crippen LogP contribution is -2.26. The van der Waals surface area contributed by atoms with Gasteiger partial charge < -0.3 is 5.32 Å². The maximum atomic E-state index is 6.40. The SMILES string of the molecule is CC1=CSC/C(=N\c2ncc(Sc3ccccc3)cc2Sc2ccccc2Cl)N1. The zero-order chi connectivity index (χ0) is 20.1. The molecule has 0 spiro atoms. The highest BCUT2D eigenvalue weighted by Crippen LogP contribution is 2.40. The Bertz CT molecular complexity index is 1070. The van der Waals surface area contributed by atoms with Crippen LogP contribution in [0.4, 0.5) is 5.82 Å². The van der Waals surface area contributed by atoms with Crippen molar-refractivity contribution in [2.24, 2.45) is 4.99 Å². The number of aromatic nitrogens is 1. The first-order valence-corrected chi connectivity index (χ1v) is 12.0. The molecule has 7 heteroatoms. The van der Waals surface area contributed by atoms with Gasteiger partial charge >= 0.3 is 0 Å². The van der Waals surface area contributed by atoms with Crippen molar-refractivity contribution in [2.45, 2.75) is 26.5 Å². The van der Waals surface area contributed by atoms with Gasteiger partial charge in [0, 0.05) is 26.6 Å². The molecule has 0 aliphatic carbocycles. The number of halogens is 1. The first kappa shape index (κ1) is 20.4. The molecule has 0 saturated heterocycles. The zero-order valence-corrected chi connectivity index (χ0v) is 18.8. The summed E-state index contributed by atoms with van der Waals surface area (Å²) in [7, 11) is 0. The van der Waals surface area contributed by atoms with E-state index in [9.17, 15) is 0 Å². The van der Waals surface area contributed by atoms with Crippen LogP contribution in [0.15, 0.2) is 103 Å². The van der Waals surface area contributed by atoms with E-state index >= 15 is 0 Å². The Morgan fingerprint density at radius 3 is 2.59 bits per heavy atom. The van der Waals surface area contributed by atoms with E-state index < -0.39 is 0 Å². The van der Waals surface area contributed by atoms with Crippen LogP contribution < -0.4 is 5.32 Å². The molecule has 0 fully saturated rings. The Kier molecular flexibility index (Phi) is 6.87. The minimum absolute atomic E-state index is 0.699. The fourth-order valence-corrected chi connectivity index (χ4v) is 5.42. The molecule has 0 atom stereocenters. The van der Waals surface area contributed by atoms with Gasteiger partial charge in [-0.15, -0.1) is 11.8 Å². The van der Waals surface area contributed by atoms with Crippen LogP contribution in [0.2, 0.25) is 5.02 Å². The molecule has 4 rings (SSSR count). The van der Waals surface area contributed by atoms with Crippen LogP contribution in [-0.2, 0) is 0 Å². The Morgan fingerprint density at radius 1 is 1.00 bits per heavy atom. The highest BCUT2D eigenvalue weighted by atomic mass is 35.5. The molecule has 0 saturated carbocycles. The van der Waals surface area contributed by atoms with Crippen molar-refractivity contribution >= 4 is 58.5 Å². The normalized spacial score (nSPS) is 15.1. The number of hydrogen-bond donors (Lipinski definition) is 1. The van der Waals surface area contributed by atoms with Crippen LogP contribution >= 0.6 is 46.9 Å². The molecule has 2 heterocycles. The molecule has 0 amide bonds. The second-order valence-electron chi connectivity index (χ2n) is 6.24. The first-order chi connectivity index (χ1) is 14.2. The van der Waals surface area contributed by atoms with E-state index in [1.54, 1.807) is 35.3 Å². The lowest BCUT2D eigenvalue weighted by Gasteiger charge is -2.15. The maximum Gasteiger partial charge on any atom is 0.168 e. The lowest BCUT2D eigenvalue weighted by atomic mass is 10.4. The molecular weight excluding hydrogens is 438 g/mol. The average molecular weight is 456 g/mol. The van der Waals surface area contributed by atoms with E-state index in [0.29, 0.717) is 5.82 Å². The van der Waals surface area contributed by atoms with E-state index in [4.69, 9.17) is 16.6 Å². The van der Waals surface area contributed by atoms with Crippen molar-refractivity contribution < 1.29 is 0 Å². The van der Waals surface area contributed by atoms with Crippen LogP contribution in [0.25, 0.3) is 0 Å². The van der Waals surface area contributed by atoms with Gasteiger partial charge in [0.1, 0.15) is 5.84 Å². The van der Waals surface area contributed by atoms with Crippen LogP contribution in [0.5, 0.6) is 0 Å². The number of nitrogens with one attached hydrogen (secondary N) is 1. The van der Waals surface area contributed by atoms with Gasteiger partial charge in [-0.2, -0.15) is 0 Å². The van der Waals surface area contributed by atoms with Gasteiger partial charge in [-0.25, -0.2) is 9.98 Å². The van der Waals surface area contributed by atoms with E-state index in [0.717, 1.165) is 37.0 Å². The summed E-state index contributed by atoms with van der Waals surface area (Å²) in [5, 5.41) is 6.16. The third-order valence-electron chi connectivity index (χ3n) is 3.91. The highest BCUT2D eigenvalue weighted by molar-refractivity contribution is 8.02. The topological polar surface area (TPSA) is 37.3 Å². The summed E-state index contributed by atoms with van der Waals surface area (Å²) in [5.74, 6) is 2.41. The largest absolute Gasteiger partial charge is 0.346 e. The summed E-state index contributed by atoms with van der Waals surface area (Å²) in [6.07, 6.45) is 1.88. The Morgan fingerprint density at radius 2 is 1.79 bits per heavy atom. The van der Waals surface area contributed by atoms with Gasteiger partial charge in [0.2, 0.25) is 0 Å². The molecule has 0 unspecified atom stereocenters. The van der Waals surface area contributed by atoms with Crippen LogP contribution in [-0.4, -0.2) is 16.6 Å². The van der Waals surface area contributed by atoms with Gasteiger partial charge in [-0.05, 0) is 42.7 Å². The molecule has 1 aromatic heterocycles. The van der Waals surface area contributed by atoms with Crippen molar-refractivity contribution in [1.82, 2.24) is 10.3 Å². The van der Waals surface area contributed by atoms with Gasteiger partial charge in [0.15, 0.2) is 5.82 Å². The lowest BCUT2D eigenvalue weighted by molar-refractivity contribution is 1.07. The second kappa shape index (κ2) is 9.76. The predicted molar refractivity (Wildman–Crippen MR) is 127 cm³/mol. The zero-order valence-electron chi connectivity index (χ0n) is 15.6. The number of benzene rings is 2. The average Bonchev–Trinajstić information content (AvgIpc) is 2.72. The van der Waals surface area contributed by atoms with Crippen molar-refractivity contribution in [2.75, 3.05) is 5.75 Å². The third kappa shape index (κ3) is 5.60. The monoisotopic (exact) mass is 455 g/mol. The van der Waals surface area contributed by atoms with Crippen LogP contribution in [0.1, 0.15) is 6.92 Å². The van der Waals surface area contributed by atoms with Crippen LogP contribution in [0, 0.1) is 0 Å². The Hall–Kier alpha value is -1.86. The molecule has 2 aromatic carbocycles. The Balaban J connectivity index is 1.68. The fraction of sp³-hybridized carbons (Fsp3) is 0.0909. The van der Waals surface area contributed by atoms with E-state index in [2.05, 4.69) is 33.9 Å².